The summed E-state index contributed by atoms with van der Waals surface area (Å²) in [5.41, 5.74) is -1.86. The van der Waals surface area contributed by atoms with Crippen LogP contribution in [0.5, 0.6) is 0 Å². The number of furan rings is 1. The van der Waals surface area contributed by atoms with E-state index >= 15 is 0 Å². The van der Waals surface area contributed by atoms with Crippen LogP contribution in [0.3, 0.4) is 0 Å². The first-order valence-corrected chi connectivity index (χ1v) is 9.19. The summed E-state index contributed by atoms with van der Waals surface area (Å²) in [7, 11) is 1.28. The molecule has 0 saturated heterocycles. The topological polar surface area (TPSA) is 165 Å². The summed E-state index contributed by atoms with van der Waals surface area (Å²) in [4.78, 5) is 35.8. The zero-order chi connectivity index (χ0) is 23.4. The zero-order valence-corrected chi connectivity index (χ0v) is 17.1. The maximum absolute atomic E-state index is 12.2. The molecule has 1 aromatic carbocycles. The van der Waals surface area contributed by atoms with Crippen LogP contribution in [0.1, 0.15) is 22.6 Å². The van der Waals surface area contributed by atoms with Crippen molar-refractivity contribution < 1.29 is 19.0 Å². The van der Waals surface area contributed by atoms with Gasteiger partial charge in [-0.05, 0) is 30.4 Å². The van der Waals surface area contributed by atoms with Gasteiger partial charge in [0, 0.05) is 24.8 Å². The molecule has 0 radical (unpaired) electrons. The highest BCUT2D eigenvalue weighted by atomic mass is 35.5. The van der Waals surface area contributed by atoms with Gasteiger partial charge >= 0.3 is 0 Å². The molecule has 0 atom stereocenters. The van der Waals surface area contributed by atoms with E-state index in [-0.39, 0.29) is 40.1 Å². The minimum atomic E-state index is -0.798. The van der Waals surface area contributed by atoms with Crippen LogP contribution in [-0.2, 0) is 11.3 Å². The minimum Gasteiger partial charge on any atom is -0.457 e. The second kappa shape index (κ2) is 9.25. The average Bonchev–Trinajstić information content (AvgIpc) is 3.21. The summed E-state index contributed by atoms with van der Waals surface area (Å²) >= 11 is 6.11. The quantitative estimate of drug-likeness (QED) is 0.405. The van der Waals surface area contributed by atoms with Gasteiger partial charge in [-0.3, -0.25) is 25.0 Å². The first kappa shape index (κ1) is 22.4. The third-order valence-corrected chi connectivity index (χ3v) is 4.70. The summed E-state index contributed by atoms with van der Waals surface area (Å²) in [6, 6.07) is 8.58. The van der Waals surface area contributed by atoms with E-state index in [2.05, 4.69) is 4.98 Å². The van der Waals surface area contributed by atoms with E-state index in [1.54, 1.807) is 6.07 Å². The molecule has 12 heteroatoms. The maximum Gasteiger partial charge on any atom is 0.299 e. The van der Waals surface area contributed by atoms with Crippen molar-refractivity contribution in [3.63, 3.8) is 0 Å². The molecule has 2 aromatic heterocycles. The fourth-order valence-corrected chi connectivity index (χ4v) is 3.17. The number of benzene rings is 1. The van der Waals surface area contributed by atoms with Crippen molar-refractivity contribution in [2.75, 3.05) is 7.11 Å². The van der Waals surface area contributed by atoms with Gasteiger partial charge in [-0.2, -0.15) is 5.26 Å². The largest absolute Gasteiger partial charge is 0.457 e. The molecule has 0 saturated carbocycles. The molecule has 0 aliphatic rings. The Morgan fingerprint density at radius 1 is 1.22 bits per heavy atom. The number of aromatic nitrogens is 1. The summed E-state index contributed by atoms with van der Waals surface area (Å²) < 4.78 is 10.5. The van der Waals surface area contributed by atoms with Crippen molar-refractivity contribution in [3.05, 3.63) is 88.5 Å². The third kappa shape index (κ3) is 4.41. The number of ether oxygens (including phenoxy) is 1. The van der Waals surface area contributed by atoms with E-state index in [1.807, 2.05) is 0 Å². The number of rotatable bonds is 7. The van der Waals surface area contributed by atoms with Crippen LogP contribution in [0.2, 0.25) is 5.02 Å². The number of H-pyrrole nitrogens is 1. The van der Waals surface area contributed by atoms with Gasteiger partial charge in [0.2, 0.25) is 0 Å². The summed E-state index contributed by atoms with van der Waals surface area (Å²) in [5, 5.41) is 32.0. The van der Waals surface area contributed by atoms with Crippen molar-refractivity contribution in [1.29, 1.82) is 5.26 Å². The maximum atomic E-state index is 12.2. The Morgan fingerprint density at radius 2 is 1.97 bits per heavy atom. The normalized spacial score (nSPS) is 10.9. The molecule has 0 amide bonds. The molecule has 3 rings (SSSR count). The second-order valence-electron chi connectivity index (χ2n) is 6.33. The van der Waals surface area contributed by atoms with Crippen molar-refractivity contribution in [3.8, 4) is 17.4 Å². The summed E-state index contributed by atoms with van der Waals surface area (Å²) in [6.07, 6.45) is 2.60. The van der Waals surface area contributed by atoms with Gasteiger partial charge < -0.3 is 14.1 Å². The summed E-state index contributed by atoms with van der Waals surface area (Å²) in [6.45, 7) is -0.305. The van der Waals surface area contributed by atoms with Gasteiger partial charge in [-0.25, -0.2) is 0 Å². The highest BCUT2D eigenvalue weighted by Crippen LogP contribution is 2.33. The molecular weight excluding hydrogens is 444 g/mol. The number of nitrogens with zero attached hydrogens (tertiary/aromatic N) is 3. The van der Waals surface area contributed by atoms with Crippen LogP contribution >= 0.6 is 11.6 Å². The molecule has 0 unspecified atom stereocenters. The Hall–Kier alpha value is -4.27. The molecule has 0 aliphatic heterocycles. The summed E-state index contributed by atoms with van der Waals surface area (Å²) in [5.74, 6) is 0.469. The first-order valence-electron chi connectivity index (χ1n) is 8.81. The number of non-ortho nitro benzene ring substituents is 1. The Bertz CT molecular complexity index is 1350. The third-order valence-electron chi connectivity index (χ3n) is 4.37. The molecule has 0 spiro atoms. The Morgan fingerprint density at radius 3 is 2.59 bits per heavy atom. The monoisotopic (exact) mass is 456 g/mol. The number of hydrogen-bond acceptors (Lipinski definition) is 8. The van der Waals surface area contributed by atoms with Crippen molar-refractivity contribution in [2.24, 2.45) is 0 Å². The molecule has 0 aliphatic carbocycles. The first-order chi connectivity index (χ1) is 15.3. The minimum absolute atomic E-state index is 0.146. The van der Waals surface area contributed by atoms with Crippen molar-refractivity contribution in [2.45, 2.75) is 6.61 Å². The Balaban J connectivity index is 2.04. The molecule has 2 heterocycles. The standard InChI is InChI=1S/C20H13ClN4O7/c1-31-10-15-14(9-22)20(26)23-17(19(15)25(29)30)6-3-12-4-7-18(32-12)13-8-11(24(27)28)2-5-16(13)21/h2-8H,10H2,1H3,(H,23,26)/b6-3+. The molecule has 162 valence electrons. The highest BCUT2D eigenvalue weighted by molar-refractivity contribution is 6.33. The van der Waals surface area contributed by atoms with E-state index < -0.39 is 26.7 Å². The fourth-order valence-electron chi connectivity index (χ4n) is 2.96. The smallest absolute Gasteiger partial charge is 0.299 e. The number of pyridine rings is 1. The van der Waals surface area contributed by atoms with Crippen molar-refractivity contribution in [1.82, 2.24) is 4.98 Å². The van der Waals surface area contributed by atoms with Crippen molar-refractivity contribution >= 4 is 35.1 Å². The number of halogens is 1. The van der Waals surface area contributed by atoms with E-state index in [9.17, 15) is 30.3 Å². The van der Waals surface area contributed by atoms with E-state index in [4.69, 9.17) is 20.8 Å². The van der Waals surface area contributed by atoms with Crippen LogP contribution in [0.15, 0.2) is 39.5 Å². The van der Waals surface area contributed by atoms with E-state index in [0.717, 1.165) is 0 Å². The lowest BCUT2D eigenvalue weighted by Crippen LogP contribution is -2.18. The van der Waals surface area contributed by atoms with Crippen LogP contribution < -0.4 is 5.56 Å². The molecule has 32 heavy (non-hydrogen) atoms. The lowest BCUT2D eigenvalue weighted by Gasteiger charge is -2.06. The van der Waals surface area contributed by atoms with Gasteiger partial charge in [0.1, 0.15) is 28.8 Å². The predicted molar refractivity (Wildman–Crippen MR) is 114 cm³/mol. The van der Waals surface area contributed by atoms with E-state index in [0.29, 0.717) is 5.56 Å². The van der Waals surface area contributed by atoms with Gasteiger partial charge in [0.25, 0.3) is 16.9 Å². The average molecular weight is 457 g/mol. The SMILES string of the molecule is COCc1c([N+](=O)[O-])c(/C=C/c2ccc(-c3cc([N+](=O)[O-])ccc3Cl)o2)[nH]c(=O)c1C#N. The number of methoxy groups -OCH3 is 1. The van der Waals surface area contributed by atoms with Gasteiger partial charge in [0.05, 0.1) is 27.0 Å². The number of nitriles is 1. The number of nitrogens with one attached hydrogen (secondary N) is 1. The van der Waals surface area contributed by atoms with Crippen LogP contribution in [0, 0.1) is 31.6 Å². The zero-order valence-electron chi connectivity index (χ0n) is 16.3. The fraction of sp³-hybridized carbons (Fsp3) is 0.100. The molecular formula is C20H13ClN4O7. The second-order valence-corrected chi connectivity index (χ2v) is 6.74. The number of hydrogen-bond donors (Lipinski definition) is 1. The number of nitro benzene ring substituents is 1. The highest BCUT2D eigenvalue weighted by Gasteiger charge is 2.25. The van der Waals surface area contributed by atoms with Gasteiger partial charge in [0.15, 0.2) is 0 Å². The van der Waals surface area contributed by atoms with Crippen LogP contribution in [-0.4, -0.2) is 21.9 Å². The van der Waals surface area contributed by atoms with Gasteiger partial charge in [-0.1, -0.05) is 11.6 Å². The number of aromatic amines is 1. The molecule has 1 N–H and O–H groups in total. The van der Waals surface area contributed by atoms with Crippen LogP contribution in [0.25, 0.3) is 23.5 Å². The molecule has 3 aromatic rings. The lowest BCUT2D eigenvalue weighted by atomic mass is 10.1. The molecule has 0 bridgehead atoms. The molecule has 11 nitrogen and oxygen atoms in total. The predicted octanol–water partition coefficient (Wildman–Crippen LogP) is 4.29. The van der Waals surface area contributed by atoms with Crippen LogP contribution in [0.4, 0.5) is 11.4 Å². The van der Waals surface area contributed by atoms with E-state index in [1.165, 1.54) is 49.6 Å². The Kier molecular flexibility index (Phi) is 6.48. The van der Waals surface area contributed by atoms with Gasteiger partial charge in [-0.15, -0.1) is 0 Å². The Labute approximate surface area is 184 Å². The number of nitro groups is 2. The lowest BCUT2D eigenvalue weighted by molar-refractivity contribution is -0.386. The molecule has 0 fully saturated rings.